The fourth-order valence-corrected chi connectivity index (χ4v) is 1.48. The van der Waals surface area contributed by atoms with Crippen LogP contribution in [0.1, 0.15) is 20.3 Å². The van der Waals surface area contributed by atoms with Crippen molar-refractivity contribution < 1.29 is 4.79 Å². The van der Waals surface area contributed by atoms with E-state index in [0.29, 0.717) is 12.3 Å². The van der Waals surface area contributed by atoms with E-state index in [9.17, 15) is 4.79 Å². The molecule has 0 saturated carbocycles. The van der Waals surface area contributed by atoms with E-state index in [1.54, 1.807) is 0 Å². The number of hydrogen-bond acceptors (Lipinski definition) is 4. The summed E-state index contributed by atoms with van der Waals surface area (Å²) in [6.45, 7) is 8.16. The second kappa shape index (κ2) is 8.50. The predicted molar refractivity (Wildman–Crippen MR) is 66.8 cm³/mol. The maximum Gasteiger partial charge on any atom is 0.235 e. The highest BCUT2D eigenvalue weighted by Crippen LogP contribution is 2.00. The Bertz CT molecular complexity index is 194. The monoisotopic (exact) mass is 230 g/mol. The highest BCUT2D eigenvalue weighted by Gasteiger charge is 2.09. The Morgan fingerprint density at radius 2 is 1.88 bits per heavy atom. The standard InChI is InChI=1S/C11H26N4O/c1-10(2)9-15(8-7-14(3)4)6-5-11(16)13-12/h10H,5-9,12H2,1-4H3,(H,13,16). The minimum absolute atomic E-state index is 0.0985. The van der Waals surface area contributed by atoms with Gasteiger partial charge in [0, 0.05) is 32.6 Å². The first kappa shape index (κ1) is 15.3. The van der Waals surface area contributed by atoms with Crippen molar-refractivity contribution in [3.05, 3.63) is 0 Å². The molecule has 0 heterocycles. The zero-order valence-electron chi connectivity index (χ0n) is 11.0. The molecular weight excluding hydrogens is 204 g/mol. The first-order chi connectivity index (χ1) is 7.45. The summed E-state index contributed by atoms with van der Waals surface area (Å²) in [6, 6.07) is 0. The Kier molecular flexibility index (Phi) is 8.15. The summed E-state index contributed by atoms with van der Waals surface area (Å²) in [5.74, 6) is 5.57. The number of nitrogens with zero attached hydrogens (tertiary/aromatic N) is 2. The maximum atomic E-state index is 11.1. The molecule has 0 aromatic rings. The summed E-state index contributed by atoms with van der Waals surface area (Å²) >= 11 is 0. The fraction of sp³-hybridized carbons (Fsp3) is 0.909. The van der Waals surface area contributed by atoms with Crippen molar-refractivity contribution in [3.63, 3.8) is 0 Å². The quantitative estimate of drug-likeness (QED) is 0.347. The van der Waals surface area contributed by atoms with Crippen LogP contribution in [0.3, 0.4) is 0 Å². The number of hydrogen-bond donors (Lipinski definition) is 2. The van der Waals surface area contributed by atoms with Gasteiger partial charge in [0.05, 0.1) is 0 Å². The molecule has 0 aliphatic heterocycles. The van der Waals surface area contributed by atoms with Gasteiger partial charge in [0.1, 0.15) is 0 Å². The maximum absolute atomic E-state index is 11.1. The molecule has 0 unspecified atom stereocenters. The normalized spacial score (nSPS) is 11.5. The third-order valence-corrected chi connectivity index (χ3v) is 2.30. The lowest BCUT2D eigenvalue weighted by molar-refractivity contribution is -0.121. The Hall–Kier alpha value is -0.650. The predicted octanol–water partition coefficient (Wildman–Crippen LogP) is -0.114. The van der Waals surface area contributed by atoms with Gasteiger partial charge in [0.15, 0.2) is 0 Å². The van der Waals surface area contributed by atoms with Gasteiger partial charge >= 0.3 is 0 Å². The van der Waals surface area contributed by atoms with E-state index in [-0.39, 0.29) is 5.91 Å². The van der Waals surface area contributed by atoms with E-state index in [1.807, 2.05) is 0 Å². The first-order valence-corrected chi connectivity index (χ1v) is 5.82. The molecule has 0 rings (SSSR count). The van der Waals surface area contributed by atoms with Gasteiger partial charge in [-0.2, -0.15) is 0 Å². The Morgan fingerprint density at radius 1 is 1.25 bits per heavy atom. The molecule has 0 saturated heterocycles. The number of likely N-dealkylation sites (N-methyl/N-ethyl adjacent to an activating group) is 1. The molecule has 16 heavy (non-hydrogen) atoms. The van der Waals surface area contributed by atoms with Crippen molar-refractivity contribution in [3.8, 4) is 0 Å². The molecule has 1 amide bonds. The summed E-state index contributed by atoms with van der Waals surface area (Å²) in [7, 11) is 4.11. The lowest BCUT2D eigenvalue weighted by Gasteiger charge is -2.25. The van der Waals surface area contributed by atoms with Gasteiger partial charge in [-0.25, -0.2) is 5.84 Å². The number of nitrogens with two attached hydrogens (primary N) is 1. The molecule has 0 atom stereocenters. The molecule has 0 bridgehead atoms. The second-order valence-electron chi connectivity index (χ2n) is 4.82. The molecule has 0 aromatic heterocycles. The van der Waals surface area contributed by atoms with E-state index in [2.05, 4.69) is 43.2 Å². The van der Waals surface area contributed by atoms with Crippen LogP contribution in [0, 0.1) is 5.92 Å². The van der Waals surface area contributed by atoms with Gasteiger partial charge in [-0.05, 0) is 20.0 Å². The molecule has 5 heteroatoms. The molecular formula is C11H26N4O. The van der Waals surface area contributed by atoms with Crippen LogP contribution in [-0.2, 0) is 4.79 Å². The van der Waals surface area contributed by atoms with Crippen LogP contribution < -0.4 is 11.3 Å². The molecule has 5 nitrogen and oxygen atoms in total. The number of nitrogens with one attached hydrogen (secondary N) is 1. The highest BCUT2D eigenvalue weighted by molar-refractivity contribution is 5.75. The van der Waals surface area contributed by atoms with E-state index in [0.717, 1.165) is 26.2 Å². The summed E-state index contributed by atoms with van der Waals surface area (Å²) in [5.41, 5.74) is 2.16. The lowest BCUT2D eigenvalue weighted by Crippen LogP contribution is -2.38. The van der Waals surface area contributed by atoms with E-state index in [1.165, 1.54) is 0 Å². The Morgan fingerprint density at radius 3 is 2.31 bits per heavy atom. The summed E-state index contributed by atoms with van der Waals surface area (Å²) in [4.78, 5) is 15.5. The largest absolute Gasteiger partial charge is 0.308 e. The summed E-state index contributed by atoms with van der Waals surface area (Å²) in [6.07, 6.45) is 0.469. The molecule has 96 valence electrons. The second-order valence-corrected chi connectivity index (χ2v) is 4.82. The number of hydrazine groups is 1. The van der Waals surface area contributed by atoms with Crippen LogP contribution in [0.25, 0.3) is 0 Å². The minimum Gasteiger partial charge on any atom is -0.308 e. The zero-order chi connectivity index (χ0) is 12.6. The fourth-order valence-electron chi connectivity index (χ4n) is 1.48. The molecule has 0 spiro atoms. The van der Waals surface area contributed by atoms with E-state index in [4.69, 9.17) is 5.84 Å². The third kappa shape index (κ3) is 8.64. The number of carbonyl (C=O) groups is 1. The summed E-state index contributed by atoms with van der Waals surface area (Å²) in [5, 5.41) is 0. The van der Waals surface area contributed by atoms with Crippen LogP contribution in [-0.4, -0.2) is 56.0 Å². The zero-order valence-corrected chi connectivity index (χ0v) is 11.0. The molecule has 0 fully saturated rings. The van der Waals surface area contributed by atoms with Crippen molar-refractivity contribution in [1.82, 2.24) is 15.2 Å². The van der Waals surface area contributed by atoms with Crippen molar-refractivity contribution in [1.29, 1.82) is 0 Å². The van der Waals surface area contributed by atoms with Crippen LogP contribution in [0.2, 0.25) is 0 Å². The lowest BCUT2D eigenvalue weighted by atomic mass is 10.2. The smallest absolute Gasteiger partial charge is 0.235 e. The SMILES string of the molecule is CC(C)CN(CCC(=O)NN)CCN(C)C. The summed E-state index contributed by atoms with van der Waals surface area (Å²) < 4.78 is 0. The van der Waals surface area contributed by atoms with Crippen molar-refractivity contribution in [2.75, 3.05) is 40.3 Å². The van der Waals surface area contributed by atoms with E-state index >= 15 is 0 Å². The molecule has 0 radical (unpaired) electrons. The topological polar surface area (TPSA) is 61.6 Å². The molecule has 0 aromatic carbocycles. The van der Waals surface area contributed by atoms with Crippen molar-refractivity contribution >= 4 is 5.91 Å². The number of carbonyl (C=O) groups excluding carboxylic acids is 1. The van der Waals surface area contributed by atoms with Crippen LogP contribution in [0.4, 0.5) is 0 Å². The molecule has 3 N–H and O–H groups in total. The first-order valence-electron chi connectivity index (χ1n) is 5.82. The van der Waals surface area contributed by atoms with Crippen molar-refractivity contribution in [2.45, 2.75) is 20.3 Å². The third-order valence-electron chi connectivity index (χ3n) is 2.30. The van der Waals surface area contributed by atoms with Crippen molar-refractivity contribution in [2.24, 2.45) is 11.8 Å². The van der Waals surface area contributed by atoms with Gasteiger partial charge in [-0.15, -0.1) is 0 Å². The average Bonchev–Trinajstić information content (AvgIpc) is 2.20. The molecule has 0 aliphatic rings. The minimum atomic E-state index is -0.0985. The van der Waals surface area contributed by atoms with Crippen LogP contribution in [0.15, 0.2) is 0 Å². The number of amides is 1. The number of rotatable bonds is 8. The Labute approximate surface area is 98.9 Å². The van der Waals surface area contributed by atoms with Crippen LogP contribution >= 0.6 is 0 Å². The van der Waals surface area contributed by atoms with Gasteiger partial charge in [-0.3, -0.25) is 10.2 Å². The van der Waals surface area contributed by atoms with Gasteiger partial charge < -0.3 is 9.80 Å². The van der Waals surface area contributed by atoms with Gasteiger partial charge in [-0.1, -0.05) is 13.8 Å². The molecule has 0 aliphatic carbocycles. The average molecular weight is 230 g/mol. The van der Waals surface area contributed by atoms with Gasteiger partial charge in [0.25, 0.3) is 0 Å². The van der Waals surface area contributed by atoms with Gasteiger partial charge in [0.2, 0.25) is 5.91 Å². The Balaban J connectivity index is 3.94. The highest BCUT2D eigenvalue weighted by atomic mass is 16.2. The van der Waals surface area contributed by atoms with Crippen LogP contribution in [0.5, 0.6) is 0 Å². The van der Waals surface area contributed by atoms with E-state index < -0.39 is 0 Å².